The average Bonchev–Trinajstić information content (AvgIpc) is 2.54. The first kappa shape index (κ1) is 9.40. The molecule has 4 heteroatoms. The van der Waals surface area contributed by atoms with E-state index in [1.54, 1.807) is 0 Å². The van der Waals surface area contributed by atoms with E-state index in [0.29, 0.717) is 0 Å². The summed E-state index contributed by atoms with van der Waals surface area (Å²) in [5.41, 5.74) is 5.58. The van der Waals surface area contributed by atoms with Crippen LogP contribution in [0, 0.1) is 11.6 Å². The van der Waals surface area contributed by atoms with Crippen LogP contribution in [0.2, 0.25) is 0 Å². The van der Waals surface area contributed by atoms with Crippen LogP contribution in [0.15, 0.2) is 12.1 Å². The number of anilines is 1. The molecule has 1 aliphatic heterocycles. The van der Waals surface area contributed by atoms with Crippen molar-refractivity contribution >= 4 is 5.69 Å². The molecule has 0 amide bonds. The van der Waals surface area contributed by atoms with Crippen molar-refractivity contribution in [2.24, 2.45) is 0 Å². The lowest BCUT2D eigenvalue weighted by molar-refractivity contribution is 0.508. The highest BCUT2D eigenvalue weighted by Crippen LogP contribution is 2.28. The molecule has 1 fully saturated rings. The number of benzene rings is 1. The van der Waals surface area contributed by atoms with Crippen molar-refractivity contribution in [2.45, 2.75) is 18.9 Å². The Morgan fingerprint density at radius 1 is 1.29 bits per heavy atom. The predicted molar refractivity (Wildman–Crippen MR) is 50.7 cm³/mol. The van der Waals surface area contributed by atoms with Crippen LogP contribution < -0.4 is 11.1 Å². The fraction of sp³-hybridized carbons (Fsp3) is 0.400. The summed E-state index contributed by atoms with van der Waals surface area (Å²) in [7, 11) is 0. The lowest BCUT2D eigenvalue weighted by Crippen LogP contribution is -2.16. The number of hydrogen-bond acceptors (Lipinski definition) is 2. The summed E-state index contributed by atoms with van der Waals surface area (Å²) < 4.78 is 26.8. The molecule has 0 saturated carbocycles. The van der Waals surface area contributed by atoms with Crippen LogP contribution in [0.3, 0.4) is 0 Å². The van der Waals surface area contributed by atoms with Gasteiger partial charge >= 0.3 is 0 Å². The van der Waals surface area contributed by atoms with Crippen LogP contribution in [0.5, 0.6) is 0 Å². The molecule has 2 nitrogen and oxygen atoms in total. The smallest absolute Gasteiger partial charge is 0.132 e. The van der Waals surface area contributed by atoms with E-state index in [9.17, 15) is 8.78 Å². The third kappa shape index (κ3) is 1.57. The third-order valence-corrected chi connectivity index (χ3v) is 2.51. The molecule has 1 atom stereocenters. The second kappa shape index (κ2) is 3.53. The number of nitrogens with two attached hydrogens (primary N) is 1. The van der Waals surface area contributed by atoms with Gasteiger partial charge in [0.25, 0.3) is 0 Å². The fourth-order valence-electron chi connectivity index (χ4n) is 1.87. The lowest BCUT2D eigenvalue weighted by atomic mass is 10.0. The van der Waals surface area contributed by atoms with Crippen LogP contribution in [0.4, 0.5) is 14.5 Å². The van der Waals surface area contributed by atoms with E-state index in [2.05, 4.69) is 5.32 Å². The first-order valence-electron chi connectivity index (χ1n) is 4.66. The van der Waals surface area contributed by atoms with E-state index in [4.69, 9.17) is 5.73 Å². The van der Waals surface area contributed by atoms with Gasteiger partial charge in [0.2, 0.25) is 0 Å². The molecule has 1 saturated heterocycles. The summed E-state index contributed by atoms with van der Waals surface area (Å²) in [6, 6.07) is 2.13. The largest absolute Gasteiger partial charge is 0.399 e. The molecular weight excluding hydrogens is 186 g/mol. The Morgan fingerprint density at radius 2 is 1.93 bits per heavy atom. The molecule has 1 heterocycles. The summed E-state index contributed by atoms with van der Waals surface area (Å²) >= 11 is 0. The van der Waals surface area contributed by atoms with Crippen LogP contribution >= 0.6 is 0 Å². The Kier molecular flexibility index (Phi) is 2.37. The topological polar surface area (TPSA) is 38.0 Å². The summed E-state index contributed by atoms with van der Waals surface area (Å²) in [5.74, 6) is -1.11. The quantitative estimate of drug-likeness (QED) is 0.677. The molecule has 1 aromatic rings. The monoisotopic (exact) mass is 198 g/mol. The van der Waals surface area contributed by atoms with Gasteiger partial charge in [-0.1, -0.05) is 0 Å². The number of nitrogens with one attached hydrogen (secondary N) is 1. The maximum absolute atomic E-state index is 13.4. The highest BCUT2D eigenvalue weighted by atomic mass is 19.1. The molecule has 3 N–H and O–H groups in total. The summed E-state index contributed by atoms with van der Waals surface area (Å²) in [4.78, 5) is 0. The fourth-order valence-corrected chi connectivity index (χ4v) is 1.87. The van der Waals surface area contributed by atoms with Gasteiger partial charge in [0.05, 0.1) is 0 Å². The Hall–Kier alpha value is -1.16. The molecular formula is C10H12F2N2. The van der Waals surface area contributed by atoms with Crippen molar-refractivity contribution < 1.29 is 8.78 Å². The Balaban J connectivity index is 2.40. The molecule has 0 radical (unpaired) electrons. The van der Waals surface area contributed by atoms with E-state index >= 15 is 0 Å². The first-order valence-corrected chi connectivity index (χ1v) is 4.66. The maximum Gasteiger partial charge on any atom is 0.132 e. The zero-order valence-electron chi connectivity index (χ0n) is 7.69. The van der Waals surface area contributed by atoms with Gasteiger partial charge in [-0.05, 0) is 31.5 Å². The van der Waals surface area contributed by atoms with Gasteiger partial charge in [0, 0.05) is 17.3 Å². The molecule has 1 aromatic carbocycles. The van der Waals surface area contributed by atoms with Crippen LogP contribution in [-0.2, 0) is 0 Å². The van der Waals surface area contributed by atoms with Crippen LogP contribution in [0.25, 0.3) is 0 Å². The highest BCUT2D eigenvalue weighted by molar-refractivity contribution is 5.42. The standard InChI is InChI=1S/C10H12F2N2/c11-7-4-6(13)5-8(12)10(7)9-2-1-3-14-9/h4-5,9,14H,1-3,13H2/t9-/m0/s1. The normalized spacial score (nSPS) is 21.4. The molecule has 2 rings (SSSR count). The van der Waals surface area contributed by atoms with Crippen molar-refractivity contribution in [3.8, 4) is 0 Å². The van der Waals surface area contributed by atoms with Gasteiger partial charge in [-0.3, -0.25) is 0 Å². The zero-order chi connectivity index (χ0) is 10.1. The van der Waals surface area contributed by atoms with Gasteiger partial charge in [-0.25, -0.2) is 8.78 Å². The Bertz CT molecular complexity index is 323. The van der Waals surface area contributed by atoms with Crippen LogP contribution in [0.1, 0.15) is 24.4 Å². The average molecular weight is 198 g/mol. The minimum Gasteiger partial charge on any atom is -0.399 e. The van der Waals surface area contributed by atoms with Gasteiger partial charge < -0.3 is 11.1 Å². The minimum atomic E-state index is -0.554. The Labute approximate surface area is 81.1 Å². The summed E-state index contributed by atoms with van der Waals surface area (Å²) in [6.45, 7) is 0.813. The second-order valence-electron chi connectivity index (χ2n) is 3.55. The zero-order valence-corrected chi connectivity index (χ0v) is 7.69. The maximum atomic E-state index is 13.4. The van der Waals surface area contributed by atoms with E-state index in [1.165, 1.54) is 12.1 Å². The highest BCUT2D eigenvalue weighted by Gasteiger charge is 2.23. The van der Waals surface area contributed by atoms with Crippen molar-refractivity contribution in [1.29, 1.82) is 0 Å². The van der Waals surface area contributed by atoms with Gasteiger partial charge in [0.15, 0.2) is 0 Å². The SMILES string of the molecule is Nc1cc(F)c([C@@H]2CCCN2)c(F)c1. The third-order valence-electron chi connectivity index (χ3n) is 2.51. The molecule has 0 aromatic heterocycles. The van der Waals surface area contributed by atoms with Crippen molar-refractivity contribution in [2.75, 3.05) is 12.3 Å². The number of hydrogen-bond donors (Lipinski definition) is 2. The van der Waals surface area contributed by atoms with Crippen molar-refractivity contribution in [3.05, 3.63) is 29.3 Å². The van der Waals surface area contributed by atoms with E-state index in [-0.39, 0.29) is 17.3 Å². The number of nitrogen functional groups attached to an aromatic ring is 1. The van der Waals surface area contributed by atoms with E-state index < -0.39 is 11.6 Å². The molecule has 0 spiro atoms. The molecule has 14 heavy (non-hydrogen) atoms. The second-order valence-corrected chi connectivity index (χ2v) is 3.55. The molecule has 76 valence electrons. The number of rotatable bonds is 1. The molecule has 1 aliphatic rings. The number of halogens is 2. The van der Waals surface area contributed by atoms with Crippen molar-refractivity contribution in [3.63, 3.8) is 0 Å². The van der Waals surface area contributed by atoms with Gasteiger partial charge in [-0.15, -0.1) is 0 Å². The predicted octanol–water partition coefficient (Wildman–Crippen LogP) is 1.97. The van der Waals surface area contributed by atoms with Gasteiger partial charge in [-0.2, -0.15) is 0 Å². The lowest BCUT2D eigenvalue weighted by Gasteiger charge is -2.13. The van der Waals surface area contributed by atoms with E-state index in [1.807, 2.05) is 0 Å². The van der Waals surface area contributed by atoms with Crippen LogP contribution in [-0.4, -0.2) is 6.54 Å². The molecule has 0 unspecified atom stereocenters. The molecule has 0 aliphatic carbocycles. The summed E-state index contributed by atoms with van der Waals surface area (Å²) in [5, 5.41) is 3.05. The van der Waals surface area contributed by atoms with E-state index in [0.717, 1.165) is 19.4 Å². The molecule has 0 bridgehead atoms. The first-order chi connectivity index (χ1) is 6.68. The summed E-state index contributed by atoms with van der Waals surface area (Å²) in [6.07, 6.45) is 1.73. The minimum absolute atomic E-state index is 0.122. The van der Waals surface area contributed by atoms with Crippen molar-refractivity contribution in [1.82, 2.24) is 5.32 Å². The Morgan fingerprint density at radius 3 is 2.43 bits per heavy atom. The van der Waals surface area contributed by atoms with Gasteiger partial charge in [0.1, 0.15) is 11.6 Å².